The van der Waals surface area contributed by atoms with Crippen LogP contribution in [0.25, 0.3) is 0 Å². The zero-order valence-corrected chi connectivity index (χ0v) is 12.0. The van der Waals surface area contributed by atoms with Crippen molar-refractivity contribution in [1.29, 1.82) is 0 Å². The van der Waals surface area contributed by atoms with Gasteiger partial charge in [-0.25, -0.2) is 0 Å². The molecule has 0 N–H and O–H groups in total. The van der Waals surface area contributed by atoms with E-state index in [1.165, 1.54) is 50.6 Å². The fourth-order valence-corrected chi connectivity index (χ4v) is 5.88. The Hall–Kier alpha value is -0.860. The van der Waals surface area contributed by atoms with Crippen molar-refractivity contribution in [3.8, 4) is 0 Å². The van der Waals surface area contributed by atoms with E-state index in [1.807, 2.05) is 0 Å². The Kier molecular flexibility index (Phi) is 2.40. The number of benzene rings is 1. The number of hydrogen-bond donors (Lipinski definition) is 0. The quantitative estimate of drug-likeness (QED) is 0.766. The van der Waals surface area contributed by atoms with Gasteiger partial charge in [0.15, 0.2) is 6.23 Å². The molecule has 20 heavy (non-hydrogen) atoms. The highest BCUT2D eigenvalue weighted by Gasteiger charge is 2.54. The number of rotatable bonds is 3. The van der Waals surface area contributed by atoms with Crippen molar-refractivity contribution in [2.24, 2.45) is 23.2 Å². The van der Waals surface area contributed by atoms with Crippen LogP contribution in [0.5, 0.6) is 0 Å². The maximum absolute atomic E-state index is 5.88. The van der Waals surface area contributed by atoms with Gasteiger partial charge in [-0.3, -0.25) is 4.84 Å². The van der Waals surface area contributed by atoms with E-state index in [1.54, 1.807) is 0 Å². The minimum atomic E-state index is 0.240. The molecule has 5 fully saturated rings. The Balaban J connectivity index is 1.31. The van der Waals surface area contributed by atoms with Crippen molar-refractivity contribution in [3.05, 3.63) is 35.9 Å². The highest BCUT2D eigenvalue weighted by atomic mass is 16.8. The summed E-state index contributed by atoms with van der Waals surface area (Å²) < 4.78 is 0. The fraction of sp³-hybridized carbons (Fsp3) is 0.667. The Labute approximate surface area is 121 Å². The molecule has 2 nitrogen and oxygen atoms in total. The van der Waals surface area contributed by atoms with E-state index in [2.05, 4.69) is 35.4 Å². The number of hydrogen-bond acceptors (Lipinski definition) is 2. The van der Waals surface area contributed by atoms with E-state index in [4.69, 9.17) is 4.84 Å². The van der Waals surface area contributed by atoms with Crippen LogP contribution in [0.4, 0.5) is 0 Å². The van der Waals surface area contributed by atoms with Crippen LogP contribution in [-0.4, -0.2) is 11.6 Å². The molecule has 5 aliphatic rings. The highest BCUT2D eigenvalue weighted by Crippen LogP contribution is 2.61. The maximum atomic E-state index is 5.88. The lowest BCUT2D eigenvalue weighted by Crippen LogP contribution is -2.49. The van der Waals surface area contributed by atoms with Crippen LogP contribution < -0.4 is 0 Å². The molecule has 1 aromatic rings. The van der Waals surface area contributed by atoms with Crippen LogP contribution in [0, 0.1) is 23.2 Å². The summed E-state index contributed by atoms with van der Waals surface area (Å²) in [5.41, 5.74) is 1.91. The molecule has 4 aliphatic carbocycles. The summed E-state index contributed by atoms with van der Waals surface area (Å²) in [7, 11) is 0. The molecule has 106 valence electrons. The minimum absolute atomic E-state index is 0.240. The summed E-state index contributed by atoms with van der Waals surface area (Å²) in [5.74, 6) is 3.11. The molecule has 0 radical (unpaired) electrons. The van der Waals surface area contributed by atoms with E-state index in [0.29, 0.717) is 5.41 Å². The first-order valence-electron chi connectivity index (χ1n) is 8.28. The Bertz CT molecular complexity index is 476. The zero-order valence-electron chi connectivity index (χ0n) is 12.0. The van der Waals surface area contributed by atoms with E-state index in [0.717, 1.165) is 17.8 Å². The van der Waals surface area contributed by atoms with Crippen LogP contribution in [-0.2, 0) is 4.84 Å². The minimum Gasteiger partial charge on any atom is -0.270 e. The van der Waals surface area contributed by atoms with Crippen molar-refractivity contribution in [2.45, 2.75) is 44.8 Å². The molecule has 0 spiro atoms. The SMILES string of the molecule is c1ccc(C2ON2CC23CC4CC(CC(C4)C2)C3)cc1. The summed E-state index contributed by atoms with van der Waals surface area (Å²) in [4.78, 5) is 5.88. The summed E-state index contributed by atoms with van der Waals surface area (Å²) >= 11 is 0. The highest BCUT2D eigenvalue weighted by molar-refractivity contribution is 5.19. The molecular formula is C18H23NO. The summed E-state index contributed by atoms with van der Waals surface area (Å²) in [6, 6.07) is 10.7. The van der Waals surface area contributed by atoms with Gasteiger partial charge >= 0.3 is 0 Å². The lowest BCUT2D eigenvalue weighted by Gasteiger charge is -2.56. The standard InChI is InChI=1S/C18H23NO/c1-2-4-16(5-3-1)17-19(20-17)12-18-9-13-6-14(10-18)8-15(7-13)11-18/h1-5,13-15,17H,6-12H2. The second-order valence-electron chi connectivity index (χ2n) is 7.86. The second kappa shape index (κ2) is 4.08. The third kappa shape index (κ3) is 1.85. The van der Waals surface area contributed by atoms with Gasteiger partial charge in [-0.2, -0.15) is 5.06 Å². The average Bonchev–Trinajstić information content (AvgIpc) is 3.16. The molecule has 1 heterocycles. The predicted octanol–water partition coefficient (Wildman–Crippen LogP) is 4.15. The van der Waals surface area contributed by atoms with Gasteiger partial charge < -0.3 is 0 Å². The van der Waals surface area contributed by atoms with E-state index < -0.39 is 0 Å². The van der Waals surface area contributed by atoms with Crippen LogP contribution in [0.15, 0.2) is 30.3 Å². The lowest BCUT2D eigenvalue weighted by atomic mass is 9.49. The molecular weight excluding hydrogens is 246 g/mol. The van der Waals surface area contributed by atoms with Crippen molar-refractivity contribution in [3.63, 3.8) is 0 Å². The normalized spacial score (nSPS) is 48.5. The van der Waals surface area contributed by atoms with Crippen LogP contribution in [0.2, 0.25) is 0 Å². The Morgan fingerprint density at radius 3 is 2.15 bits per heavy atom. The van der Waals surface area contributed by atoms with Crippen molar-refractivity contribution < 1.29 is 4.84 Å². The van der Waals surface area contributed by atoms with E-state index in [-0.39, 0.29) is 6.23 Å². The molecule has 1 aromatic carbocycles. The molecule has 2 unspecified atom stereocenters. The Morgan fingerprint density at radius 2 is 1.55 bits per heavy atom. The van der Waals surface area contributed by atoms with Crippen LogP contribution >= 0.6 is 0 Å². The molecule has 2 atom stereocenters. The Morgan fingerprint density at radius 1 is 0.950 bits per heavy atom. The molecule has 4 saturated carbocycles. The van der Waals surface area contributed by atoms with Crippen molar-refractivity contribution >= 4 is 0 Å². The number of nitrogens with zero attached hydrogens (tertiary/aromatic N) is 1. The second-order valence-corrected chi connectivity index (χ2v) is 7.86. The predicted molar refractivity (Wildman–Crippen MR) is 77.6 cm³/mol. The van der Waals surface area contributed by atoms with E-state index in [9.17, 15) is 0 Å². The molecule has 0 amide bonds. The third-order valence-corrected chi connectivity index (χ3v) is 6.19. The summed E-state index contributed by atoms with van der Waals surface area (Å²) in [6.07, 6.45) is 9.25. The first-order chi connectivity index (χ1) is 9.80. The van der Waals surface area contributed by atoms with Gasteiger partial charge in [-0.15, -0.1) is 0 Å². The van der Waals surface area contributed by atoms with Crippen molar-refractivity contribution in [2.75, 3.05) is 6.54 Å². The van der Waals surface area contributed by atoms with Gasteiger partial charge in [0, 0.05) is 6.54 Å². The third-order valence-electron chi connectivity index (χ3n) is 6.19. The average molecular weight is 269 g/mol. The molecule has 2 heteroatoms. The van der Waals surface area contributed by atoms with Gasteiger partial charge in [0.05, 0.1) is 0 Å². The first kappa shape index (κ1) is 11.8. The topological polar surface area (TPSA) is 15.5 Å². The van der Waals surface area contributed by atoms with Gasteiger partial charge in [-0.05, 0) is 67.3 Å². The summed E-state index contributed by atoms with van der Waals surface area (Å²) in [5, 5.41) is 2.25. The largest absolute Gasteiger partial charge is 0.270 e. The zero-order chi connectivity index (χ0) is 13.2. The van der Waals surface area contributed by atoms with E-state index >= 15 is 0 Å². The van der Waals surface area contributed by atoms with Gasteiger partial charge in [0.25, 0.3) is 0 Å². The lowest BCUT2D eigenvalue weighted by molar-refractivity contribution is -0.0706. The first-order valence-corrected chi connectivity index (χ1v) is 8.28. The molecule has 4 bridgehead atoms. The molecule has 0 aromatic heterocycles. The smallest absolute Gasteiger partial charge is 0.179 e. The molecule has 1 aliphatic heterocycles. The van der Waals surface area contributed by atoms with Crippen LogP contribution in [0.3, 0.4) is 0 Å². The summed E-state index contributed by atoms with van der Waals surface area (Å²) in [6.45, 7) is 1.18. The maximum Gasteiger partial charge on any atom is 0.179 e. The molecule has 1 saturated heterocycles. The van der Waals surface area contributed by atoms with Gasteiger partial charge in [-0.1, -0.05) is 30.3 Å². The fourth-order valence-electron chi connectivity index (χ4n) is 5.88. The monoisotopic (exact) mass is 269 g/mol. The van der Waals surface area contributed by atoms with Crippen molar-refractivity contribution in [1.82, 2.24) is 5.06 Å². The molecule has 6 rings (SSSR count). The number of hydroxylamine groups is 2. The van der Waals surface area contributed by atoms with Gasteiger partial charge in [0.2, 0.25) is 0 Å². The van der Waals surface area contributed by atoms with Gasteiger partial charge in [0.1, 0.15) is 0 Å². The van der Waals surface area contributed by atoms with Crippen LogP contribution in [0.1, 0.15) is 50.3 Å².